The highest BCUT2D eigenvalue weighted by atomic mass is 16.4. The van der Waals surface area contributed by atoms with Crippen LogP contribution in [0.3, 0.4) is 0 Å². The van der Waals surface area contributed by atoms with Gasteiger partial charge in [0.05, 0.1) is 12.1 Å². The SMILES string of the molecule is CCC(C(=O)N(C)Cc1cn[nH]c1)C(N)=NO. The fraction of sp³-hybridized carbons (Fsp3) is 0.500. The molecule has 1 aromatic rings. The van der Waals surface area contributed by atoms with Gasteiger partial charge in [-0.05, 0) is 6.42 Å². The highest BCUT2D eigenvalue weighted by Crippen LogP contribution is 2.09. The number of amides is 1. The van der Waals surface area contributed by atoms with Gasteiger partial charge in [-0.15, -0.1) is 0 Å². The molecule has 0 bridgehead atoms. The third-order valence-electron chi connectivity index (χ3n) is 2.53. The number of nitrogens with two attached hydrogens (primary N) is 1. The van der Waals surface area contributed by atoms with Gasteiger partial charge in [0.2, 0.25) is 5.91 Å². The van der Waals surface area contributed by atoms with Crippen molar-refractivity contribution in [1.82, 2.24) is 15.1 Å². The second-order valence-electron chi connectivity index (χ2n) is 3.79. The number of hydrogen-bond acceptors (Lipinski definition) is 4. The molecule has 1 rings (SSSR count). The number of carbonyl (C=O) groups excluding carboxylic acids is 1. The van der Waals surface area contributed by atoms with Crippen molar-refractivity contribution < 1.29 is 10.0 Å². The molecule has 0 aliphatic heterocycles. The lowest BCUT2D eigenvalue weighted by Gasteiger charge is -2.21. The molecule has 0 aliphatic rings. The van der Waals surface area contributed by atoms with E-state index < -0.39 is 5.92 Å². The second kappa shape index (κ2) is 5.88. The fourth-order valence-electron chi connectivity index (χ4n) is 1.56. The number of rotatable bonds is 5. The van der Waals surface area contributed by atoms with Gasteiger partial charge in [0.1, 0.15) is 0 Å². The van der Waals surface area contributed by atoms with Crippen LogP contribution in [0.15, 0.2) is 17.5 Å². The Bertz CT molecular complexity index is 387. The number of nitrogens with one attached hydrogen (secondary N) is 1. The molecule has 0 fully saturated rings. The molecule has 94 valence electrons. The zero-order valence-electron chi connectivity index (χ0n) is 9.92. The summed E-state index contributed by atoms with van der Waals surface area (Å²) in [4.78, 5) is 13.5. The maximum absolute atomic E-state index is 12.0. The third-order valence-corrected chi connectivity index (χ3v) is 2.53. The first-order valence-electron chi connectivity index (χ1n) is 5.30. The van der Waals surface area contributed by atoms with Crippen LogP contribution in [0.4, 0.5) is 0 Å². The topological polar surface area (TPSA) is 108 Å². The molecule has 1 atom stereocenters. The summed E-state index contributed by atoms with van der Waals surface area (Å²) in [5, 5.41) is 18.0. The van der Waals surface area contributed by atoms with Gasteiger partial charge in [-0.2, -0.15) is 5.10 Å². The number of aromatic amines is 1. The average Bonchev–Trinajstić information content (AvgIpc) is 2.82. The molecule has 7 heteroatoms. The van der Waals surface area contributed by atoms with Crippen LogP contribution in [-0.2, 0) is 11.3 Å². The van der Waals surface area contributed by atoms with E-state index in [1.807, 2.05) is 6.92 Å². The number of H-pyrrole nitrogens is 1. The molecule has 1 heterocycles. The van der Waals surface area contributed by atoms with Crippen molar-refractivity contribution in [2.75, 3.05) is 7.05 Å². The molecule has 0 spiro atoms. The zero-order chi connectivity index (χ0) is 12.8. The van der Waals surface area contributed by atoms with Crippen LogP contribution in [0.2, 0.25) is 0 Å². The van der Waals surface area contributed by atoms with E-state index >= 15 is 0 Å². The molecule has 1 unspecified atom stereocenters. The second-order valence-corrected chi connectivity index (χ2v) is 3.79. The number of nitrogens with zero attached hydrogens (tertiary/aromatic N) is 3. The van der Waals surface area contributed by atoms with Crippen LogP contribution < -0.4 is 5.73 Å². The van der Waals surface area contributed by atoms with E-state index in [2.05, 4.69) is 15.4 Å². The van der Waals surface area contributed by atoms with Crippen LogP contribution >= 0.6 is 0 Å². The average molecular weight is 239 g/mol. The van der Waals surface area contributed by atoms with E-state index in [4.69, 9.17) is 10.9 Å². The Hall–Kier alpha value is -2.05. The van der Waals surface area contributed by atoms with Crippen LogP contribution in [0.5, 0.6) is 0 Å². The number of aromatic nitrogens is 2. The molecule has 7 nitrogen and oxygen atoms in total. The van der Waals surface area contributed by atoms with Crippen molar-refractivity contribution in [3.8, 4) is 0 Å². The summed E-state index contributed by atoms with van der Waals surface area (Å²) >= 11 is 0. The van der Waals surface area contributed by atoms with Gasteiger partial charge in [0.25, 0.3) is 0 Å². The molecule has 0 aliphatic carbocycles. The molecule has 1 amide bonds. The predicted molar refractivity (Wildman–Crippen MR) is 62.3 cm³/mol. The van der Waals surface area contributed by atoms with Crippen molar-refractivity contribution in [1.29, 1.82) is 0 Å². The smallest absolute Gasteiger partial charge is 0.233 e. The fourth-order valence-corrected chi connectivity index (χ4v) is 1.56. The van der Waals surface area contributed by atoms with E-state index in [0.717, 1.165) is 5.56 Å². The van der Waals surface area contributed by atoms with Gasteiger partial charge >= 0.3 is 0 Å². The van der Waals surface area contributed by atoms with Gasteiger partial charge < -0.3 is 15.8 Å². The summed E-state index contributed by atoms with van der Waals surface area (Å²) in [5.74, 6) is -0.822. The first-order valence-corrected chi connectivity index (χ1v) is 5.30. The summed E-state index contributed by atoms with van der Waals surface area (Å²) in [6.45, 7) is 2.25. The van der Waals surface area contributed by atoms with E-state index in [1.54, 1.807) is 19.4 Å². The van der Waals surface area contributed by atoms with Gasteiger partial charge in [-0.3, -0.25) is 9.89 Å². The van der Waals surface area contributed by atoms with E-state index in [9.17, 15) is 4.79 Å². The molecule has 0 aromatic carbocycles. The summed E-state index contributed by atoms with van der Waals surface area (Å²) in [6, 6.07) is 0. The Morgan fingerprint density at radius 1 is 1.76 bits per heavy atom. The molecular weight excluding hydrogens is 222 g/mol. The number of hydrogen-bond donors (Lipinski definition) is 3. The monoisotopic (exact) mass is 239 g/mol. The van der Waals surface area contributed by atoms with Crippen LogP contribution in [-0.4, -0.2) is 39.1 Å². The molecule has 0 saturated heterocycles. The lowest BCUT2D eigenvalue weighted by atomic mass is 10.0. The minimum absolute atomic E-state index is 0.0588. The van der Waals surface area contributed by atoms with Gasteiger partial charge in [-0.1, -0.05) is 12.1 Å². The minimum Gasteiger partial charge on any atom is -0.409 e. The van der Waals surface area contributed by atoms with Gasteiger partial charge in [0.15, 0.2) is 5.84 Å². The highest BCUT2D eigenvalue weighted by molar-refractivity contribution is 6.01. The molecule has 0 radical (unpaired) electrons. The summed E-state index contributed by atoms with van der Waals surface area (Å²) < 4.78 is 0. The Kier molecular flexibility index (Phi) is 4.50. The van der Waals surface area contributed by atoms with E-state index in [0.29, 0.717) is 13.0 Å². The normalized spacial score (nSPS) is 13.4. The molecule has 17 heavy (non-hydrogen) atoms. The van der Waals surface area contributed by atoms with Crippen molar-refractivity contribution in [3.63, 3.8) is 0 Å². The summed E-state index contributed by atoms with van der Waals surface area (Å²) in [5.41, 5.74) is 6.37. The molecule has 4 N–H and O–H groups in total. The summed E-state index contributed by atoms with van der Waals surface area (Å²) in [7, 11) is 1.67. The predicted octanol–water partition coefficient (Wildman–Crippen LogP) is 0.141. The Labute approximate surface area is 99.3 Å². The largest absolute Gasteiger partial charge is 0.409 e. The maximum atomic E-state index is 12.0. The number of carbonyl (C=O) groups is 1. The zero-order valence-corrected chi connectivity index (χ0v) is 9.92. The molecule has 0 saturated carbocycles. The first-order chi connectivity index (χ1) is 8.10. The Balaban J connectivity index is 2.68. The van der Waals surface area contributed by atoms with Crippen molar-refractivity contribution in [2.24, 2.45) is 16.8 Å². The summed E-state index contributed by atoms with van der Waals surface area (Å²) in [6.07, 6.45) is 3.85. The van der Waals surface area contributed by atoms with Crippen LogP contribution in [0.1, 0.15) is 18.9 Å². The third kappa shape index (κ3) is 3.20. The van der Waals surface area contributed by atoms with Crippen molar-refractivity contribution in [2.45, 2.75) is 19.9 Å². The Morgan fingerprint density at radius 2 is 2.47 bits per heavy atom. The van der Waals surface area contributed by atoms with Crippen LogP contribution in [0.25, 0.3) is 0 Å². The minimum atomic E-state index is -0.586. The molecule has 1 aromatic heterocycles. The molecular formula is C10H17N5O2. The Morgan fingerprint density at radius 3 is 2.94 bits per heavy atom. The lowest BCUT2D eigenvalue weighted by molar-refractivity contribution is -0.132. The standard InChI is InChI=1S/C10H17N5O2/c1-3-8(9(11)14-17)10(16)15(2)6-7-4-12-13-5-7/h4-5,8,17H,3,6H2,1-2H3,(H2,11,14)(H,12,13). The number of oxime groups is 1. The van der Waals surface area contributed by atoms with E-state index in [-0.39, 0.29) is 11.7 Å². The van der Waals surface area contributed by atoms with Crippen LogP contribution in [0, 0.1) is 5.92 Å². The van der Waals surface area contributed by atoms with Gasteiger partial charge in [0, 0.05) is 25.4 Å². The van der Waals surface area contributed by atoms with Crippen molar-refractivity contribution in [3.05, 3.63) is 18.0 Å². The van der Waals surface area contributed by atoms with Crippen molar-refractivity contribution >= 4 is 11.7 Å². The highest BCUT2D eigenvalue weighted by Gasteiger charge is 2.24. The van der Waals surface area contributed by atoms with E-state index in [1.165, 1.54) is 4.90 Å². The quantitative estimate of drug-likeness (QED) is 0.294. The first kappa shape index (κ1) is 13.0. The lowest BCUT2D eigenvalue weighted by Crippen LogP contribution is -2.39. The maximum Gasteiger partial charge on any atom is 0.233 e. The number of amidine groups is 1. The van der Waals surface area contributed by atoms with Gasteiger partial charge in [-0.25, -0.2) is 0 Å².